The van der Waals surface area contributed by atoms with E-state index in [1.165, 1.54) is 0 Å². The molecule has 0 bridgehead atoms. The minimum Gasteiger partial charge on any atom is -0.366 e. The summed E-state index contributed by atoms with van der Waals surface area (Å²) in [7, 11) is 0. The second-order valence-electron chi connectivity index (χ2n) is 5.83. The van der Waals surface area contributed by atoms with Crippen LogP contribution in [0.3, 0.4) is 0 Å². The number of rotatable bonds is 4. The average molecular weight is 366 g/mol. The molecule has 0 aliphatic heterocycles. The number of nitrogens with one attached hydrogen (secondary N) is 3. The normalized spacial score (nSPS) is 11.0. The molecule has 0 aliphatic carbocycles. The van der Waals surface area contributed by atoms with Gasteiger partial charge in [-0.15, -0.1) is 0 Å². The van der Waals surface area contributed by atoms with Crippen molar-refractivity contribution in [3.05, 3.63) is 64.0 Å². The Morgan fingerprint density at radius 2 is 1.96 bits per heavy atom. The predicted molar refractivity (Wildman–Crippen MR) is 105 cm³/mol. The quantitative estimate of drug-likeness (QED) is 0.509. The van der Waals surface area contributed by atoms with E-state index in [0.717, 1.165) is 22.0 Å². The van der Waals surface area contributed by atoms with Crippen molar-refractivity contribution in [1.82, 2.24) is 20.2 Å². The largest absolute Gasteiger partial charge is 0.366 e. The molecule has 0 radical (unpaired) electrons. The van der Waals surface area contributed by atoms with E-state index in [0.29, 0.717) is 28.8 Å². The Balaban J connectivity index is 1.99. The summed E-state index contributed by atoms with van der Waals surface area (Å²) in [5.41, 5.74) is 3.46. The van der Waals surface area contributed by atoms with Crippen LogP contribution in [0.25, 0.3) is 33.4 Å². The van der Waals surface area contributed by atoms with Crippen LogP contribution in [0.4, 0.5) is 5.82 Å². The number of benzene rings is 2. The zero-order valence-electron chi connectivity index (χ0n) is 14.0. The summed E-state index contributed by atoms with van der Waals surface area (Å²) in [5.74, 6) is 0.297. The third kappa shape index (κ3) is 2.84. The first-order valence-electron chi connectivity index (χ1n) is 8.24. The third-order valence-corrected chi connectivity index (χ3v) is 4.39. The smallest absolute Gasteiger partial charge is 0.291 e. The molecule has 0 amide bonds. The average Bonchev–Trinajstić information content (AvgIpc) is 3.13. The summed E-state index contributed by atoms with van der Waals surface area (Å²) in [6, 6.07) is 13.5. The molecular weight excluding hydrogens is 350 g/mol. The first kappa shape index (κ1) is 16.4. The van der Waals surface area contributed by atoms with Crippen molar-refractivity contribution < 1.29 is 0 Å². The molecule has 0 saturated heterocycles. The van der Waals surface area contributed by atoms with Crippen LogP contribution in [0.5, 0.6) is 0 Å². The van der Waals surface area contributed by atoms with Gasteiger partial charge in [-0.2, -0.15) is 5.10 Å². The highest BCUT2D eigenvalue weighted by atomic mass is 35.5. The molecule has 0 unspecified atom stereocenters. The summed E-state index contributed by atoms with van der Waals surface area (Å²) in [6.07, 6.45) is 1.70. The molecule has 6 nitrogen and oxygen atoms in total. The number of H-pyrrole nitrogens is 2. The van der Waals surface area contributed by atoms with Gasteiger partial charge in [0.2, 0.25) is 0 Å². The van der Waals surface area contributed by atoms with Gasteiger partial charge in [-0.05, 0) is 19.1 Å². The SMILES string of the molecule is CCNc1nc(-c2ccccc2)c(-c2cc(Cl)c3[nH]ncc3c2)[nH]c1=O. The molecule has 4 rings (SSSR count). The lowest BCUT2D eigenvalue weighted by Gasteiger charge is -2.12. The van der Waals surface area contributed by atoms with Gasteiger partial charge < -0.3 is 10.3 Å². The van der Waals surface area contributed by atoms with Gasteiger partial charge in [0, 0.05) is 23.1 Å². The Morgan fingerprint density at radius 3 is 2.73 bits per heavy atom. The number of nitrogens with zero attached hydrogens (tertiary/aromatic N) is 2. The third-order valence-electron chi connectivity index (χ3n) is 4.09. The number of halogens is 1. The number of anilines is 1. The van der Waals surface area contributed by atoms with Gasteiger partial charge in [0.05, 0.1) is 28.1 Å². The molecular formula is C19H16ClN5O. The first-order valence-corrected chi connectivity index (χ1v) is 8.61. The summed E-state index contributed by atoms with van der Waals surface area (Å²) in [6.45, 7) is 2.53. The maximum absolute atomic E-state index is 12.5. The van der Waals surface area contributed by atoms with Crippen molar-refractivity contribution in [1.29, 1.82) is 0 Å². The van der Waals surface area contributed by atoms with E-state index in [-0.39, 0.29) is 5.56 Å². The van der Waals surface area contributed by atoms with Gasteiger partial charge in [0.15, 0.2) is 5.82 Å². The summed E-state index contributed by atoms with van der Waals surface area (Å²) < 4.78 is 0. The number of hydrogen-bond donors (Lipinski definition) is 3. The van der Waals surface area contributed by atoms with E-state index in [1.54, 1.807) is 12.3 Å². The Kier molecular flexibility index (Phi) is 4.18. The van der Waals surface area contributed by atoms with Gasteiger partial charge in [0.1, 0.15) is 0 Å². The van der Waals surface area contributed by atoms with E-state index in [4.69, 9.17) is 11.6 Å². The molecule has 7 heteroatoms. The van der Waals surface area contributed by atoms with Crippen molar-refractivity contribution in [2.45, 2.75) is 6.92 Å². The molecule has 26 heavy (non-hydrogen) atoms. The highest BCUT2D eigenvalue weighted by molar-refractivity contribution is 6.35. The summed E-state index contributed by atoms with van der Waals surface area (Å²) >= 11 is 6.38. The second-order valence-corrected chi connectivity index (χ2v) is 6.23. The lowest BCUT2D eigenvalue weighted by Crippen LogP contribution is -2.18. The highest BCUT2D eigenvalue weighted by Crippen LogP contribution is 2.33. The Morgan fingerprint density at radius 1 is 1.15 bits per heavy atom. The van der Waals surface area contributed by atoms with Gasteiger partial charge in [-0.1, -0.05) is 41.9 Å². The molecule has 0 saturated carbocycles. The van der Waals surface area contributed by atoms with E-state index in [9.17, 15) is 4.79 Å². The predicted octanol–water partition coefficient (Wildman–Crippen LogP) is 4.07. The van der Waals surface area contributed by atoms with Gasteiger partial charge >= 0.3 is 0 Å². The first-order chi connectivity index (χ1) is 12.7. The summed E-state index contributed by atoms with van der Waals surface area (Å²) in [5, 5.41) is 11.3. The second kappa shape index (κ2) is 6.65. The molecule has 2 aromatic heterocycles. The maximum atomic E-state index is 12.5. The number of fused-ring (bicyclic) bond motifs is 1. The van der Waals surface area contributed by atoms with Gasteiger partial charge in [-0.25, -0.2) is 4.98 Å². The zero-order chi connectivity index (χ0) is 18.1. The lowest BCUT2D eigenvalue weighted by molar-refractivity contribution is 1.09. The van der Waals surface area contributed by atoms with Crippen molar-refractivity contribution in [3.63, 3.8) is 0 Å². The highest BCUT2D eigenvalue weighted by Gasteiger charge is 2.16. The molecule has 2 aromatic carbocycles. The monoisotopic (exact) mass is 365 g/mol. The van der Waals surface area contributed by atoms with Crippen LogP contribution >= 0.6 is 11.6 Å². The Bertz CT molecular complexity index is 1130. The van der Waals surface area contributed by atoms with Crippen LogP contribution in [-0.2, 0) is 0 Å². The van der Waals surface area contributed by atoms with Crippen LogP contribution < -0.4 is 10.9 Å². The fourth-order valence-electron chi connectivity index (χ4n) is 2.91. The molecule has 4 aromatic rings. The fraction of sp³-hybridized carbons (Fsp3) is 0.105. The Hall–Kier alpha value is -3.12. The van der Waals surface area contributed by atoms with Crippen LogP contribution in [0.1, 0.15) is 6.92 Å². The van der Waals surface area contributed by atoms with Crippen molar-refractivity contribution in [3.8, 4) is 22.5 Å². The zero-order valence-corrected chi connectivity index (χ0v) is 14.8. The topological polar surface area (TPSA) is 86.5 Å². The molecule has 2 heterocycles. The Labute approximate surface area is 154 Å². The maximum Gasteiger partial charge on any atom is 0.291 e. The standard InChI is InChI=1S/C19H16ClN5O/c1-2-21-18-19(26)24-17(16(23-18)11-6-4-3-5-7-11)12-8-13-10-22-25-15(13)14(20)9-12/h3-10H,2H2,1H3,(H,21,23)(H,22,25)(H,24,26). The minimum atomic E-state index is -0.273. The van der Waals surface area contributed by atoms with E-state index in [1.807, 2.05) is 43.3 Å². The van der Waals surface area contributed by atoms with E-state index < -0.39 is 0 Å². The molecule has 0 spiro atoms. The molecule has 0 atom stereocenters. The molecule has 0 aliphatic rings. The summed E-state index contributed by atoms with van der Waals surface area (Å²) in [4.78, 5) is 20.0. The van der Waals surface area contributed by atoms with Crippen molar-refractivity contribution in [2.24, 2.45) is 0 Å². The number of hydrogen-bond acceptors (Lipinski definition) is 4. The van der Waals surface area contributed by atoms with Crippen LogP contribution in [0.15, 0.2) is 53.5 Å². The molecule has 130 valence electrons. The van der Waals surface area contributed by atoms with Crippen LogP contribution in [0.2, 0.25) is 5.02 Å². The van der Waals surface area contributed by atoms with Crippen molar-refractivity contribution >= 4 is 28.3 Å². The van der Waals surface area contributed by atoms with Gasteiger partial charge in [-0.3, -0.25) is 9.89 Å². The fourth-order valence-corrected chi connectivity index (χ4v) is 3.18. The van der Waals surface area contributed by atoms with Crippen LogP contribution in [-0.4, -0.2) is 26.7 Å². The van der Waals surface area contributed by atoms with Crippen molar-refractivity contribution in [2.75, 3.05) is 11.9 Å². The minimum absolute atomic E-state index is 0.273. The van der Waals surface area contributed by atoms with Gasteiger partial charge in [0.25, 0.3) is 5.56 Å². The molecule has 3 N–H and O–H groups in total. The van der Waals surface area contributed by atoms with Crippen LogP contribution in [0, 0.1) is 0 Å². The van der Waals surface area contributed by atoms with E-state index >= 15 is 0 Å². The number of aromatic nitrogens is 4. The van der Waals surface area contributed by atoms with E-state index in [2.05, 4.69) is 25.5 Å². The number of aromatic amines is 2. The molecule has 0 fully saturated rings. The lowest BCUT2D eigenvalue weighted by atomic mass is 10.0.